The highest BCUT2D eigenvalue weighted by atomic mass is 32.1. The Morgan fingerprint density at radius 3 is 2.96 bits per heavy atom. The van der Waals surface area contributed by atoms with E-state index in [4.69, 9.17) is 9.26 Å². The van der Waals surface area contributed by atoms with E-state index in [1.165, 1.54) is 22.4 Å². The molecule has 1 saturated heterocycles. The predicted molar refractivity (Wildman–Crippen MR) is 110 cm³/mol. The molecule has 6 heteroatoms. The number of aryl methyl sites for hydroxylation is 1. The lowest BCUT2D eigenvalue weighted by Crippen LogP contribution is -2.33. The molecule has 1 fully saturated rings. The number of benzene rings is 1. The number of aromatic nitrogens is 2. The van der Waals surface area contributed by atoms with Crippen LogP contribution in [0, 0.1) is 6.92 Å². The van der Waals surface area contributed by atoms with Gasteiger partial charge in [0.05, 0.1) is 19.1 Å². The molecule has 1 aliphatic heterocycles. The first-order valence-electron chi connectivity index (χ1n) is 9.97. The molecule has 0 aliphatic carbocycles. The van der Waals surface area contributed by atoms with E-state index in [0.717, 1.165) is 37.8 Å². The Labute approximate surface area is 170 Å². The minimum Gasteiger partial charge on any atom is -0.376 e. The van der Waals surface area contributed by atoms with Gasteiger partial charge in [0.15, 0.2) is 5.82 Å². The second-order valence-corrected chi connectivity index (χ2v) is 8.44. The molecule has 1 unspecified atom stereocenters. The number of thiophene rings is 1. The second-order valence-electron chi connectivity index (χ2n) is 7.44. The van der Waals surface area contributed by atoms with Gasteiger partial charge in [-0.2, -0.15) is 4.98 Å². The number of rotatable bonds is 8. The summed E-state index contributed by atoms with van der Waals surface area (Å²) in [5.41, 5.74) is 2.57. The molecule has 1 aliphatic rings. The molecule has 0 radical (unpaired) electrons. The monoisotopic (exact) mass is 397 g/mol. The van der Waals surface area contributed by atoms with Crippen LogP contribution in [0.15, 0.2) is 46.3 Å². The fourth-order valence-corrected chi connectivity index (χ4v) is 4.58. The van der Waals surface area contributed by atoms with Crippen molar-refractivity contribution in [3.8, 4) is 0 Å². The van der Waals surface area contributed by atoms with Gasteiger partial charge in [-0.1, -0.05) is 35.5 Å². The number of hydrogen-bond donors (Lipinski definition) is 0. The maximum atomic E-state index is 5.74. The summed E-state index contributed by atoms with van der Waals surface area (Å²) in [7, 11) is 0. The fraction of sp³-hybridized carbons (Fsp3) is 0.455. The molecule has 3 aromatic rings. The molecular weight excluding hydrogens is 370 g/mol. The average Bonchev–Trinajstić information content (AvgIpc) is 3.36. The van der Waals surface area contributed by atoms with Crippen LogP contribution in [0.25, 0.3) is 0 Å². The number of ether oxygens (including phenoxy) is 1. The topological polar surface area (TPSA) is 51.4 Å². The van der Waals surface area contributed by atoms with Gasteiger partial charge in [0.2, 0.25) is 5.89 Å². The zero-order chi connectivity index (χ0) is 19.2. The number of nitrogens with zero attached hydrogens (tertiary/aromatic N) is 3. The molecule has 148 valence electrons. The van der Waals surface area contributed by atoms with Crippen molar-refractivity contribution < 1.29 is 9.26 Å². The van der Waals surface area contributed by atoms with Crippen molar-refractivity contribution in [2.45, 2.75) is 45.3 Å². The molecule has 0 spiro atoms. The van der Waals surface area contributed by atoms with E-state index >= 15 is 0 Å². The summed E-state index contributed by atoms with van der Waals surface area (Å²) in [6.07, 6.45) is 2.97. The first-order chi connectivity index (χ1) is 13.8. The van der Waals surface area contributed by atoms with Crippen molar-refractivity contribution in [3.05, 3.63) is 69.5 Å². The van der Waals surface area contributed by atoms with Gasteiger partial charge in [-0.15, -0.1) is 11.3 Å². The zero-order valence-electron chi connectivity index (χ0n) is 16.3. The summed E-state index contributed by atoms with van der Waals surface area (Å²) in [6, 6.07) is 12.4. The zero-order valence-corrected chi connectivity index (χ0v) is 17.2. The third-order valence-electron chi connectivity index (χ3n) is 5.26. The molecule has 0 amide bonds. The Bertz CT molecular complexity index is 862. The van der Waals surface area contributed by atoms with Crippen LogP contribution in [-0.2, 0) is 24.3 Å². The van der Waals surface area contributed by atoms with Crippen LogP contribution in [0.2, 0.25) is 0 Å². The van der Waals surface area contributed by atoms with Crippen molar-refractivity contribution in [1.29, 1.82) is 0 Å². The van der Waals surface area contributed by atoms with Crippen molar-refractivity contribution in [1.82, 2.24) is 15.0 Å². The van der Waals surface area contributed by atoms with E-state index in [1.807, 2.05) is 29.5 Å². The third kappa shape index (κ3) is 5.07. The minimum atomic E-state index is 0.334. The highest BCUT2D eigenvalue weighted by Gasteiger charge is 2.26. The highest BCUT2D eigenvalue weighted by Crippen LogP contribution is 2.28. The van der Waals surface area contributed by atoms with Crippen LogP contribution >= 0.6 is 11.3 Å². The summed E-state index contributed by atoms with van der Waals surface area (Å²) in [5.74, 6) is 1.86. The van der Waals surface area contributed by atoms with Gasteiger partial charge in [-0.25, -0.2) is 0 Å². The summed E-state index contributed by atoms with van der Waals surface area (Å²) in [5, 5.41) is 6.35. The Hall–Kier alpha value is -2.02. The molecular formula is C22H27N3O2S. The number of piperidine rings is 1. The van der Waals surface area contributed by atoms with Crippen LogP contribution in [0.5, 0.6) is 0 Å². The standard InChI is InChI=1S/C22H27N3O2S/c1-17-10-13-28-20(17)15-25-11-5-8-19(14-25)22-23-21(24-27-22)9-12-26-16-18-6-3-2-4-7-18/h2-4,6-7,10,13,19H,5,8-9,11-12,14-16H2,1H3. The maximum absolute atomic E-state index is 5.74. The van der Waals surface area contributed by atoms with Crippen LogP contribution in [0.3, 0.4) is 0 Å². The molecule has 28 heavy (non-hydrogen) atoms. The van der Waals surface area contributed by atoms with Gasteiger partial charge in [-0.3, -0.25) is 4.90 Å². The lowest BCUT2D eigenvalue weighted by molar-refractivity contribution is 0.122. The van der Waals surface area contributed by atoms with Gasteiger partial charge in [0, 0.05) is 24.4 Å². The van der Waals surface area contributed by atoms with Crippen molar-refractivity contribution in [2.24, 2.45) is 0 Å². The van der Waals surface area contributed by atoms with Crippen molar-refractivity contribution in [3.63, 3.8) is 0 Å². The van der Waals surface area contributed by atoms with Gasteiger partial charge < -0.3 is 9.26 Å². The molecule has 1 atom stereocenters. The minimum absolute atomic E-state index is 0.334. The Kier molecular flexibility index (Phi) is 6.52. The lowest BCUT2D eigenvalue weighted by atomic mass is 9.98. The molecule has 0 bridgehead atoms. The summed E-state index contributed by atoms with van der Waals surface area (Å²) >= 11 is 1.85. The van der Waals surface area contributed by atoms with E-state index in [-0.39, 0.29) is 0 Å². The van der Waals surface area contributed by atoms with Gasteiger partial charge in [0.1, 0.15) is 0 Å². The quantitative estimate of drug-likeness (QED) is 0.521. The Morgan fingerprint density at radius 1 is 1.25 bits per heavy atom. The molecule has 0 N–H and O–H groups in total. The normalized spacial score (nSPS) is 17.8. The fourth-order valence-electron chi connectivity index (χ4n) is 3.63. The van der Waals surface area contributed by atoms with Gasteiger partial charge in [0.25, 0.3) is 0 Å². The first-order valence-corrected chi connectivity index (χ1v) is 10.9. The average molecular weight is 398 g/mol. The highest BCUT2D eigenvalue weighted by molar-refractivity contribution is 7.10. The number of hydrogen-bond acceptors (Lipinski definition) is 6. The van der Waals surface area contributed by atoms with E-state index in [1.54, 1.807) is 0 Å². The van der Waals surface area contributed by atoms with Gasteiger partial charge >= 0.3 is 0 Å². The largest absolute Gasteiger partial charge is 0.376 e. The maximum Gasteiger partial charge on any atom is 0.231 e. The van der Waals surface area contributed by atoms with Crippen LogP contribution < -0.4 is 0 Å². The summed E-state index contributed by atoms with van der Waals surface area (Å²) in [4.78, 5) is 8.62. The Balaban J connectivity index is 1.25. The SMILES string of the molecule is Cc1ccsc1CN1CCCC(c2nc(CCOCc3ccccc3)no2)C1. The number of likely N-dealkylation sites (tertiary alicyclic amines) is 1. The summed E-state index contributed by atoms with van der Waals surface area (Å²) in [6.45, 7) is 6.56. The molecule has 5 nitrogen and oxygen atoms in total. The lowest BCUT2D eigenvalue weighted by Gasteiger charge is -2.30. The van der Waals surface area contributed by atoms with E-state index in [9.17, 15) is 0 Å². The Morgan fingerprint density at radius 2 is 2.14 bits per heavy atom. The van der Waals surface area contributed by atoms with Crippen LogP contribution in [-0.4, -0.2) is 34.7 Å². The van der Waals surface area contributed by atoms with Gasteiger partial charge in [-0.05, 0) is 48.9 Å². The molecule has 3 heterocycles. The molecule has 4 rings (SSSR count). The second kappa shape index (κ2) is 9.45. The predicted octanol–water partition coefficient (Wildman–Crippen LogP) is 4.58. The van der Waals surface area contributed by atoms with Crippen molar-refractivity contribution >= 4 is 11.3 Å². The molecule has 2 aromatic heterocycles. The third-order valence-corrected chi connectivity index (χ3v) is 6.26. The van der Waals surface area contributed by atoms with E-state index in [2.05, 4.69) is 45.5 Å². The van der Waals surface area contributed by atoms with Crippen LogP contribution in [0.4, 0.5) is 0 Å². The first kappa shape index (κ1) is 19.3. The molecule has 1 aromatic carbocycles. The van der Waals surface area contributed by atoms with Crippen LogP contribution in [0.1, 0.15) is 46.5 Å². The smallest absolute Gasteiger partial charge is 0.231 e. The summed E-state index contributed by atoms with van der Waals surface area (Å²) < 4.78 is 11.3. The van der Waals surface area contributed by atoms with E-state index < -0.39 is 0 Å². The van der Waals surface area contributed by atoms with Crippen molar-refractivity contribution in [2.75, 3.05) is 19.7 Å². The molecule has 0 saturated carbocycles. The van der Waals surface area contributed by atoms with E-state index in [0.29, 0.717) is 25.6 Å².